The summed E-state index contributed by atoms with van der Waals surface area (Å²) in [5, 5.41) is 3.85. The average Bonchev–Trinajstić information content (AvgIpc) is 2.52. The third kappa shape index (κ3) is 5.53. The van der Waals surface area contributed by atoms with Crippen LogP contribution in [0.15, 0.2) is 41.8 Å². The number of rotatable bonds is 8. The lowest BCUT2D eigenvalue weighted by Crippen LogP contribution is -2.82. The molecule has 0 unspecified atom stereocenters. The smallest absolute Gasteiger partial charge is 0.187 e. The predicted octanol–water partition coefficient (Wildman–Crippen LogP) is 2.38. The average molecular weight is 325 g/mol. The van der Waals surface area contributed by atoms with Gasteiger partial charge in [0.05, 0.1) is 13.7 Å². The van der Waals surface area contributed by atoms with Crippen LogP contribution in [0.3, 0.4) is 0 Å². The highest BCUT2D eigenvalue weighted by Crippen LogP contribution is 2.21. The van der Waals surface area contributed by atoms with E-state index in [1.165, 1.54) is 0 Å². The molecule has 0 saturated heterocycles. The second kappa shape index (κ2) is 8.87. The Morgan fingerprint density at radius 1 is 1.29 bits per heavy atom. The number of aromatic nitrogens is 2. The van der Waals surface area contributed by atoms with Crippen LogP contribution in [0, 0.1) is 0 Å². The van der Waals surface area contributed by atoms with Gasteiger partial charge in [-0.05, 0) is 24.3 Å². The molecular formula is C15H19ClN3OS+. The molecule has 0 saturated carbocycles. The number of thioether (sulfide) groups is 1. The lowest BCUT2D eigenvalue weighted by Gasteiger charge is -2.08. The highest BCUT2D eigenvalue weighted by atomic mass is 35.5. The molecule has 21 heavy (non-hydrogen) atoms. The number of ether oxygens (including phenoxy) is 1. The molecule has 0 aliphatic carbocycles. The van der Waals surface area contributed by atoms with Crippen molar-refractivity contribution in [1.82, 2.24) is 9.97 Å². The van der Waals surface area contributed by atoms with Gasteiger partial charge in [-0.15, -0.1) is 0 Å². The number of nitrogens with two attached hydrogens (primary N) is 1. The third-order valence-electron chi connectivity index (χ3n) is 2.93. The largest absolute Gasteiger partial charge is 0.496 e. The molecule has 2 rings (SSSR count). The summed E-state index contributed by atoms with van der Waals surface area (Å²) >= 11 is 7.71. The zero-order valence-corrected chi connectivity index (χ0v) is 13.5. The Hall–Kier alpha value is -1.30. The molecule has 1 aromatic carbocycles. The van der Waals surface area contributed by atoms with Crippen molar-refractivity contribution >= 4 is 23.4 Å². The first kappa shape index (κ1) is 16.1. The van der Waals surface area contributed by atoms with Crippen molar-refractivity contribution in [1.29, 1.82) is 0 Å². The van der Waals surface area contributed by atoms with Crippen molar-refractivity contribution < 1.29 is 10.1 Å². The molecule has 2 N–H and O–H groups in total. The number of hydrogen-bond donors (Lipinski definition) is 1. The minimum absolute atomic E-state index is 0.746. The van der Waals surface area contributed by atoms with Gasteiger partial charge in [0.1, 0.15) is 12.3 Å². The van der Waals surface area contributed by atoms with Gasteiger partial charge in [-0.1, -0.05) is 23.4 Å². The van der Waals surface area contributed by atoms with Crippen molar-refractivity contribution in [2.75, 3.05) is 19.4 Å². The van der Waals surface area contributed by atoms with Gasteiger partial charge in [0, 0.05) is 35.2 Å². The van der Waals surface area contributed by atoms with Gasteiger partial charge < -0.3 is 10.1 Å². The number of benzene rings is 1. The van der Waals surface area contributed by atoms with E-state index in [0.29, 0.717) is 0 Å². The zero-order chi connectivity index (χ0) is 14.9. The van der Waals surface area contributed by atoms with E-state index in [2.05, 4.69) is 15.3 Å². The Morgan fingerprint density at radius 3 is 2.86 bits per heavy atom. The fourth-order valence-electron chi connectivity index (χ4n) is 1.92. The topological polar surface area (TPSA) is 51.6 Å². The van der Waals surface area contributed by atoms with Gasteiger partial charge >= 0.3 is 0 Å². The predicted molar refractivity (Wildman–Crippen MR) is 85.9 cm³/mol. The SMILES string of the molecule is COc1ccc(Cl)cc1C[NH2+]CCCSc1ncccn1. The van der Waals surface area contributed by atoms with Crippen molar-refractivity contribution in [3.63, 3.8) is 0 Å². The van der Waals surface area contributed by atoms with E-state index in [4.69, 9.17) is 16.3 Å². The number of methoxy groups -OCH3 is 1. The fourth-order valence-corrected chi connectivity index (χ4v) is 2.87. The van der Waals surface area contributed by atoms with Crippen LogP contribution in [0.4, 0.5) is 0 Å². The molecule has 0 spiro atoms. The summed E-state index contributed by atoms with van der Waals surface area (Å²) in [5.41, 5.74) is 1.13. The van der Waals surface area contributed by atoms with Crippen LogP contribution in [-0.2, 0) is 6.54 Å². The third-order valence-corrected chi connectivity index (χ3v) is 4.13. The summed E-state index contributed by atoms with van der Waals surface area (Å²) in [6, 6.07) is 7.55. The molecule has 0 aliphatic rings. The van der Waals surface area contributed by atoms with Crippen LogP contribution in [-0.4, -0.2) is 29.4 Å². The van der Waals surface area contributed by atoms with Gasteiger partial charge in [-0.2, -0.15) is 0 Å². The van der Waals surface area contributed by atoms with Crippen LogP contribution >= 0.6 is 23.4 Å². The quantitative estimate of drug-likeness (QED) is 0.460. The van der Waals surface area contributed by atoms with E-state index in [1.807, 2.05) is 24.3 Å². The van der Waals surface area contributed by atoms with Crippen LogP contribution in [0.5, 0.6) is 5.75 Å². The Bertz CT molecular complexity index is 554. The molecule has 1 aromatic heterocycles. The van der Waals surface area contributed by atoms with E-state index < -0.39 is 0 Å². The molecule has 4 nitrogen and oxygen atoms in total. The van der Waals surface area contributed by atoms with E-state index in [-0.39, 0.29) is 0 Å². The molecule has 2 aromatic rings. The Kier molecular flexibility index (Phi) is 6.79. The maximum atomic E-state index is 6.02. The molecule has 6 heteroatoms. The number of nitrogens with zero attached hydrogens (tertiary/aromatic N) is 2. The van der Waals surface area contributed by atoms with Crippen molar-refractivity contribution in [3.8, 4) is 5.75 Å². The standard InChI is InChI=1S/C15H18ClN3OS/c1-20-14-5-4-13(16)10-12(14)11-17-6-3-9-21-15-18-7-2-8-19-15/h2,4-5,7-8,10,17H,3,6,9,11H2,1H3/p+1. The molecule has 0 radical (unpaired) electrons. The number of hydrogen-bond acceptors (Lipinski definition) is 4. The van der Waals surface area contributed by atoms with Gasteiger partial charge in [0.15, 0.2) is 5.16 Å². The Morgan fingerprint density at radius 2 is 2.10 bits per heavy atom. The van der Waals surface area contributed by atoms with Crippen LogP contribution in [0.25, 0.3) is 0 Å². The first-order chi connectivity index (χ1) is 10.3. The van der Waals surface area contributed by atoms with Crippen LogP contribution < -0.4 is 10.1 Å². The molecule has 0 aliphatic heterocycles. The molecule has 0 bridgehead atoms. The minimum atomic E-state index is 0.746. The van der Waals surface area contributed by atoms with E-state index in [1.54, 1.807) is 31.3 Å². The van der Waals surface area contributed by atoms with Crippen molar-refractivity contribution in [3.05, 3.63) is 47.2 Å². The number of halogens is 1. The van der Waals surface area contributed by atoms with Gasteiger partial charge in [0.2, 0.25) is 0 Å². The lowest BCUT2D eigenvalue weighted by atomic mass is 10.2. The van der Waals surface area contributed by atoms with Crippen molar-refractivity contribution in [2.24, 2.45) is 0 Å². The van der Waals surface area contributed by atoms with Gasteiger partial charge in [-0.25, -0.2) is 9.97 Å². The normalized spacial score (nSPS) is 10.6. The summed E-state index contributed by atoms with van der Waals surface area (Å²) in [7, 11) is 1.68. The second-order valence-electron chi connectivity index (χ2n) is 4.47. The summed E-state index contributed by atoms with van der Waals surface area (Å²) in [4.78, 5) is 8.37. The van der Waals surface area contributed by atoms with E-state index in [9.17, 15) is 0 Å². The molecular weight excluding hydrogens is 306 g/mol. The first-order valence-electron chi connectivity index (χ1n) is 6.83. The lowest BCUT2D eigenvalue weighted by molar-refractivity contribution is -0.670. The minimum Gasteiger partial charge on any atom is -0.496 e. The monoisotopic (exact) mass is 324 g/mol. The summed E-state index contributed by atoms with van der Waals surface area (Å²) < 4.78 is 5.34. The maximum absolute atomic E-state index is 6.02. The van der Waals surface area contributed by atoms with Gasteiger partial charge in [0.25, 0.3) is 0 Å². The van der Waals surface area contributed by atoms with E-state index in [0.717, 1.165) is 46.8 Å². The first-order valence-corrected chi connectivity index (χ1v) is 8.20. The number of quaternary nitrogens is 1. The van der Waals surface area contributed by atoms with Crippen molar-refractivity contribution in [2.45, 2.75) is 18.1 Å². The highest BCUT2D eigenvalue weighted by Gasteiger charge is 2.05. The van der Waals surface area contributed by atoms with E-state index >= 15 is 0 Å². The Balaban J connectivity index is 1.67. The molecule has 0 atom stereocenters. The molecule has 0 amide bonds. The van der Waals surface area contributed by atoms with Crippen LogP contribution in [0.2, 0.25) is 5.02 Å². The maximum Gasteiger partial charge on any atom is 0.187 e. The second-order valence-corrected chi connectivity index (χ2v) is 5.97. The summed E-state index contributed by atoms with van der Waals surface area (Å²) in [6.07, 6.45) is 4.64. The summed E-state index contributed by atoms with van der Waals surface area (Å²) in [5.74, 6) is 1.91. The zero-order valence-electron chi connectivity index (χ0n) is 12.0. The Labute approximate surface area is 134 Å². The van der Waals surface area contributed by atoms with Crippen LogP contribution in [0.1, 0.15) is 12.0 Å². The fraction of sp³-hybridized carbons (Fsp3) is 0.333. The highest BCUT2D eigenvalue weighted by molar-refractivity contribution is 7.99. The molecule has 1 heterocycles. The molecule has 0 fully saturated rings. The van der Waals surface area contributed by atoms with Gasteiger partial charge in [-0.3, -0.25) is 0 Å². The summed E-state index contributed by atoms with van der Waals surface area (Å²) in [6.45, 7) is 1.92. The molecule has 112 valence electrons.